The lowest BCUT2D eigenvalue weighted by Crippen LogP contribution is -2.26. The fraction of sp³-hybridized carbons (Fsp3) is 0.263. The number of benzene rings is 1. The standard InChI is InChI=1S/C19H18N4S/c20-19-22-17-7-10-23(11-8-18(17)24-19)9-3-6-16-12-14-4-1-2-5-15(14)13-21-16/h1-2,4-5,12-13H,7-11H2,(H2,20,22). The Morgan fingerprint density at radius 2 is 2.00 bits per heavy atom. The monoisotopic (exact) mass is 334 g/mol. The van der Waals surface area contributed by atoms with E-state index in [2.05, 4.69) is 44.9 Å². The number of aromatic nitrogens is 2. The van der Waals surface area contributed by atoms with E-state index in [1.807, 2.05) is 18.3 Å². The lowest BCUT2D eigenvalue weighted by atomic mass is 10.1. The second-order valence-corrected chi connectivity index (χ2v) is 7.03. The van der Waals surface area contributed by atoms with Crippen molar-refractivity contribution in [3.05, 3.63) is 52.8 Å². The van der Waals surface area contributed by atoms with E-state index in [0.29, 0.717) is 5.13 Å². The minimum atomic E-state index is 0.690. The highest BCUT2D eigenvalue weighted by atomic mass is 32.1. The number of nitrogens with zero attached hydrogens (tertiary/aromatic N) is 3. The Labute approximate surface area is 145 Å². The van der Waals surface area contributed by atoms with Gasteiger partial charge in [-0.05, 0) is 23.8 Å². The van der Waals surface area contributed by atoms with Crippen molar-refractivity contribution in [3.63, 3.8) is 0 Å². The van der Waals surface area contributed by atoms with Gasteiger partial charge in [-0.1, -0.05) is 30.2 Å². The normalized spacial score (nSPS) is 14.7. The molecule has 0 amide bonds. The molecule has 2 N–H and O–H groups in total. The molecule has 24 heavy (non-hydrogen) atoms. The summed E-state index contributed by atoms with van der Waals surface area (Å²) in [6.45, 7) is 2.75. The first-order valence-electron chi connectivity index (χ1n) is 8.08. The lowest BCUT2D eigenvalue weighted by Gasteiger charge is -2.15. The number of pyridine rings is 1. The lowest BCUT2D eigenvalue weighted by molar-refractivity contribution is 0.323. The van der Waals surface area contributed by atoms with Crippen LogP contribution >= 0.6 is 11.3 Å². The van der Waals surface area contributed by atoms with Gasteiger partial charge in [0.2, 0.25) is 0 Å². The molecule has 0 unspecified atom stereocenters. The number of nitrogen functional groups attached to an aromatic ring is 1. The second kappa shape index (κ2) is 6.60. The van der Waals surface area contributed by atoms with Gasteiger partial charge in [-0.15, -0.1) is 11.3 Å². The summed E-state index contributed by atoms with van der Waals surface area (Å²) >= 11 is 1.62. The molecule has 0 saturated carbocycles. The van der Waals surface area contributed by atoms with Crippen LogP contribution in [0.5, 0.6) is 0 Å². The van der Waals surface area contributed by atoms with Gasteiger partial charge in [-0.25, -0.2) is 9.97 Å². The molecular weight excluding hydrogens is 316 g/mol. The van der Waals surface area contributed by atoms with Crippen LogP contribution in [0.1, 0.15) is 16.3 Å². The van der Waals surface area contributed by atoms with E-state index in [1.54, 1.807) is 11.3 Å². The molecule has 120 valence electrons. The summed E-state index contributed by atoms with van der Waals surface area (Å²) in [5.74, 6) is 6.46. The Hall–Kier alpha value is -2.42. The SMILES string of the molecule is Nc1nc2c(s1)CCN(CC#Cc1cc3ccccc3cn1)CC2. The molecule has 0 bridgehead atoms. The van der Waals surface area contributed by atoms with Crippen molar-refractivity contribution in [2.24, 2.45) is 0 Å². The van der Waals surface area contributed by atoms with Gasteiger partial charge in [0.1, 0.15) is 5.69 Å². The van der Waals surface area contributed by atoms with Crippen LogP contribution in [0.4, 0.5) is 5.13 Å². The molecular formula is C19H18N4S. The first kappa shape index (κ1) is 15.1. The van der Waals surface area contributed by atoms with E-state index in [9.17, 15) is 0 Å². The molecule has 0 fully saturated rings. The van der Waals surface area contributed by atoms with Gasteiger partial charge < -0.3 is 5.73 Å². The third-order valence-electron chi connectivity index (χ3n) is 4.26. The fourth-order valence-corrected chi connectivity index (χ4v) is 3.85. The molecule has 4 nitrogen and oxygen atoms in total. The average Bonchev–Trinajstić information content (AvgIpc) is 2.86. The Morgan fingerprint density at radius 3 is 2.92 bits per heavy atom. The number of thiazole rings is 1. The molecule has 3 heterocycles. The maximum atomic E-state index is 5.79. The molecule has 0 atom stereocenters. The second-order valence-electron chi connectivity index (χ2n) is 5.92. The van der Waals surface area contributed by atoms with Gasteiger partial charge in [-0.2, -0.15) is 0 Å². The van der Waals surface area contributed by atoms with Gasteiger partial charge >= 0.3 is 0 Å². The zero-order chi connectivity index (χ0) is 16.4. The summed E-state index contributed by atoms with van der Waals surface area (Å²) in [5, 5.41) is 3.02. The van der Waals surface area contributed by atoms with Crippen molar-refractivity contribution in [1.29, 1.82) is 0 Å². The first-order valence-corrected chi connectivity index (χ1v) is 8.90. The topological polar surface area (TPSA) is 55.0 Å². The van der Waals surface area contributed by atoms with Crippen LogP contribution in [0.2, 0.25) is 0 Å². The largest absolute Gasteiger partial charge is 0.375 e. The third kappa shape index (κ3) is 3.25. The van der Waals surface area contributed by atoms with Crippen molar-refractivity contribution in [2.75, 3.05) is 25.4 Å². The van der Waals surface area contributed by atoms with Crippen molar-refractivity contribution < 1.29 is 0 Å². The van der Waals surface area contributed by atoms with Crippen LogP contribution in [0, 0.1) is 11.8 Å². The summed E-state index contributed by atoms with van der Waals surface area (Å²) in [6, 6.07) is 10.3. The maximum absolute atomic E-state index is 5.79. The van der Waals surface area contributed by atoms with Gasteiger partial charge in [0.15, 0.2) is 5.13 Å². The summed E-state index contributed by atoms with van der Waals surface area (Å²) in [4.78, 5) is 12.6. The van der Waals surface area contributed by atoms with Crippen molar-refractivity contribution >= 4 is 27.2 Å². The summed E-state index contributed by atoms with van der Waals surface area (Å²) in [7, 11) is 0. The molecule has 1 aromatic carbocycles. The van der Waals surface area contributed by atoms with Gasteiger partial charge in [0.25, 0.3) is 0 Å². The zero-order valence-electron chi connectivity index (χ0n) is 13.3. The van der Waals surface area contributed by atoms with Crippen LogP contribution in [0.15, 0.2) is 36.5 Å². The zero-order valence-corrected chi connectivity index (χ0v) is 14.1. The highest BCUT2D eigenvalue weighted by molar-refractivity contribution is 7.15. The van der Waals surface area contributed by atoms with E-state index >= 15 is 0 Å². The molecule has 2 aromatic heterocycles. The van der Waals surface area contributed by atoms with E-state index < -0.39 is 0 Å². The summed E-state index contributed by atoms with van der Waals surface area (Å²) < 4.78 is 0. The van der Waals surface area contributed by atoms with Crippen LogP contribution in [0.3, 0.4) is 0 Å². The molecule has 0 saturated heterocycles. The Kier molecular flexibility index (Phi) is 4.16. The quantitative estimate of drug-likeness (QED) is 0.695. The average molecular weight is 334 g/mol. The Balaban J connectivity index is 1.41. The minimum absolute atomic E-state index is 0.690. The van der Waals surface area contributed by atoms with Gasteiger partial charge in [-0.3, -0.25) is 4.90 Å². The van der Waals surface area contributed by atoms with E-state index in [4.69, 9.17) is 5.73 Å². The van der Waals surface area contributed by atoms with Crippen molar-refractivity contribution in [2.45, 2.75) is 12.8 Å². The molecule has 0 aliphatic carbocycles. The van der Waals surface area contributed by atoms with E-state index in [-0.39, 0.29) is 0 Å². The van der Waals surface area contributed by atoms with Crippen LogP contribution in [-0.2, 0) is 12.8 Å². The van der Waals surface area contributed by atoms with Crippen LogP contribution < -0.4 is 5.73 Å². The molecule has 0 radical (unpaired) electrons. The number of nitrogens with two attached hydrogens (primary N) is 1. The molecule has 1 aliphatic rings. The number of hydrogen-bond acceptors (Lipinski definition) is 5. The van der Waals surface area contributed by atoms with Crippen molar-refractivity contribution in [1.82, 2.24) is 14.9 Å². The smallest absolute Gasteiger partial charge is 0.180 e. The number of hydrogen-bond donors (Lipinski definition) is 1. The number of rotatable bonds is 1. The van der Waals surface area contributed by atoms with Crippen LogP contribution in [0.25, 0.3) is 10.8 Å². The minimum Gasteiger partial charge on any atom is -0.375 e. The first-order chi connectivity index (χ1) is 11.8. The molecule has 0 spiro atoms. The molecule has 4 rings (SSSR count). The predicted molar refractivity (Wildman–Crippen MR) is 99.0 cm³/mol. The highest BCUT2D eigenvalue weighted by Gasteiger charge is 2.16. The predicted octanol–water partition coefficient (Wildman–Crippen LogP) is 2.73. The molecule has 3 aromatic rings. The maximum Gasteiger partial charge on any atom is 0.180 e. The van der Waals surface area contributed by atoms with E-state index in [0.717, 1.165) is 43.6 Å². The Morgan fingerprint density at radius 1 is 1.17 bits per heavy atom. The fourth-order valence-electron chi connectivity index (χ4n) is 2.98. The van der Waals surface area contributed by atoms with Crippen LogP contribution in [-0.4, -0.2) is 34.5 Å². The molecule has 1 aliphatic heterocycles. The van der Waals surface area contributed by atoms with Gasteiger partial charge in [0, 0.05) is 36.0 Å². The Bertz CT molecular complexity index is 910. The molecule has 5 heteroatoms. The highest BCUT2D eigenvalue weighted by Crippen LogP contribution is 2.24. The van der Waals surface area contributed by atoms with Crippen molar-refractivity contribution in [3.8, 4) is 11.8 Å². The number of fused-ring (bicyclic) bond motifs is 2. The van der Waals surface area contributed by atoms with Gasteiger partial charge in [0.05, 0.1) is 12.2 Å². The number of anilines is 1. The summed E-state index contributed by atoms with van der Waals surface area (Å²) in [6.07, 6.45) is 3.86. The third-order valence-corrected chi connectivity index (χ3v) is 5.25. The summed E-state index contributed by atoms with van der Waals surface area (Å²) in [5.41, 5.74) is 7.79. The van der Waals surface area contributed by atoms with E-state index in [1.165, 1.54) is 16.0 Å².